The molecule has 5 heteroatoms. The fourth-order valence-electron chi connectivity index (χ4n) is 3.14. The molecule has 2 aliphatic rings. The molecule has 1 N–H and O–H groups in total. The van der Waals surface area contributed by atoms with E-state index in [2.05, 4.69) is 10.1 Å². The van der Waals surface area contributed by atoms with Crippen LogP contribution in [-0.4, -0.2) is 32.0 Å². The molecule has 3 atom stereocenters. The van der Waals surface area contributed by atoms with Crippen LogP contribution >= 0.6 is 0 Å². The van der Waals surface area contributed by atoms with Crippen molar-refractivity contribution >= 4 is 0 Å². The van der Waals surface area contributed by atoms with Crippen LogP contribution in [0.4, 0.5) is 13.2 Å². The lowest BCUT2D eigenvalue weighted by atomic mass is 9.95. The minimum absolute atomic E-state index is 0.188. The fourth-order valence-corrected chi connectivity index (χ4v) is 3.14. The van der Waals surface area contributed by atoms with Crippen LogP contribution in [0.15, 0.2) is 0 Å². The first-order chi connectivity index (χ1) is 8.04. The van der Waals surface area contributed by atoms with Gasteiger partial charge in [-0.2, -0.15) is 13.2 Å². The highest BCUT2D eigenvalue weighted by Crippen LogP contribution is 2.44. The van der Waals surface area contributed by atoms with Gasteiger partial charge in [-0.15, -0.1) is 0 Å². The topological polar surface area (TPSA) is 21.3 Å². The molecular formula is C12H20F3NO. The summed E-state index contributed by atoms with van der Waals surface area (Å²) in [5, 5.41) is 3.45. The Labute approximate surface area is 99.9 Å². The van der Waals surface area contributed by atoms with Crippen molar-refractivity contribution in [2.45, 2.75) is 44.3 Å². The highest BCUT2D eigenvalue weighted by Gasteiger charge is 2.38. The minimum Gasteiger partial charge on any atom is -0.372 e. The molecular weight excluding hydrogens is 231 g/mol. The van der Waals surface area contributed by atoms with E-state index in [0.29, 0.717) is 12.5 Å². The Morgan fingerprint density at radius 2 is 2.00 bits per heavy atom. The van der Waals surface area contributed by atoms with Gasteiger partial charge >= 0.3 is 6.18 Å². The standard InChI is InChI=1S/C12H20F3NO/c13-12(14,15)8-17-5-1-4-16-11-7-9-2-3-10(11)6-9/h9-11,16H,1-8H2. The maximum Gasteiger partial charge on any atom is 0.411 e. The van der Waals surface area contributed by atoms with Crippen molar-refractivity contribution in [2.75, 3.05) is 19.8 Å². The van der Waals surface area contributed by atoms with Gasteiger partial charge in [-0.3, -0.25) is 0 Å². The van der Waals surface area contributed by atoms with Crippen LogP contribution in [0.25, 0.3) is 0 Å². The number of hydrogen-bond donors (Lipinski definition) is 1. The smallest absolute Gasteiger partial charge is 0.372 e. The number of nitrogens with one attached hydrogen (secondary N) is 1. The summed E-state index contributed by atoms with van der Waals surface area (Å²) in [4.78, 5) is 0. The summed E-state index contributed by atoms with van der Waals surface area (Å²) in [5.41, 5.74) is 0. The van der Waals surface area contributed by atoms with Crippen molar-refractivity contribution in [3.63, 3.8) is 0 Å². The third-order valence-electron chi connectivity index (χ3n) is 3.88. The van der Waals surface area contributed by atoms with Gasteiger partial charge in [-0.25, -0.2) is 0 Å². The van der Waals surface area contributed by atoms with Gasteiger partial charge in [0.15, 0.2) is 0 Å². The average molecular weight is 251 g/mol. The van der Waals surface area contributed by atoms with Gasteiger partial charge in [0.25, 0.3) is 0 Å². The molecule has 0 aromatic carbocycles. The molecule has 2 rings (SSSR count). The Morgan fingerprint density at radius 3 is 2.59 bits per heavy atom. The molecule has 0 aromatic heterocycles. The summed E-state index contributed by atoms with van der Waals surface area (Å²) in [6.07, 6.45) is 1.77. The minimum atomic E-state index is -4.20. The number of hydrogen-bond acceptors (Lipinski definition) is 2. The molecule has 0 heterocycles. The van der Waals surface area contributed by atoms with Crippen molar-refractivity contribution in [2.24, 2.45) is 11.8 Å². The second-order valence-electron chi connectivity index (χ2n) is 5.26. The Hall–Kier alpha value is -0.290. The third kappa shape index (κ3) is 4.14. The van der Waals surface area contributed by atoms with E-state index in [1.54, 1.807) is 0 Å². The molecule has 0 spiro atoms. The zero-order valence-electron chi connectivity index (χ0n) is 9.93. The van der Waals surface area contributed by atoms with E-state index in [1.165, 1.54) is 25.7 Å². The molecule has 0 aliphatic heterocycles. The average Bonchev–Trinajstić information content (AvgIpc) is 2.83. The van der Waals surface area contributed by atoms with E-state index in [0.717, 1.165) is 18.4 Å². The predicted octanol–water partition coefficient (Wildman–Crippen LogP) is 2.73. The molecule has 0 aromatic rings. The van der Waals surface area contributed by atoms with E-state index in [1.807, 2.05) is 0 Å². The van der Waals surface area contributed by atoms with E-state index in [4.69, 9.17) is 0 Å². The molecule has 2 saturated carbocycles. The molecule has 2 aliphatic carbocycles. The van der Waals surface area contributed by atoms with E-state index in [9.17, 15) is 13.2 Å². The van der Waals surface area contributed by atoms with Crippen LogP contribution in [0.2, 0.25) is 0 Å². The van der Waals surface area contributed by atoms with Crippen molar-refractivity contribution in [1.82, 2.24) is 5.32 Å². The molecule has 17 heavy (non-hydrogen) atoms. The Bertz CT molecular complexity index is 244. The second-order valence-corrected chi connectivity index (χ2v) is 5.26. The summed E-state index contributed by atoms with van der Waals surface area (Å²) in [7, 11) is 0. The highest BCUT2D eigenvalue weighted by molar-refractivity contribution is 4.93. The van der Waals surface area contributed by atoms with Crippen LogP contribution in [0.5, 0.6) is 0 Å². The Balaban J connectivity index is 1.47. The van der Waals surface area contributed by atoms with Crippen LogP contribution < -0.4 is 5.32 Å². The first-order valence-corrected chi connectivity index (χ1v) is 6.42. The SMILES string of the molecule is FC(F)(F)COCCCNC1CC2CCC1C2. The van der Waals surface area contributed by atoms with E-state index < -0.39 is 12.8 Å². The van der Waals surface area contributed by atoms with Gasteiger partial charge in [0, 0.05) is 12.6 Å². The van der Waals surface area contributed by atoms with Crippen molar-refractivity contribution in [1.29, 1.82) is 0 Å². The fraction of sp³-hybridized carbons (Fsp3) is 1.00. The monoisotopic (exact) mass is 251 g/mol. The summed E-state index contributed by atoms with van der Waals surface area (Å²) in [6, 6.07) is 0.608. The van der Waals surface area contributed by atoms with Crippen molar-refractivity contribution in [3.05, 3.63) is 0 Å². The first-order valence-electron chi connectivity index (χ1n) is 6.42. The lowest BCUT2D eigenvalue weighted by Crippen LogP contribution is -2.35. The molecule has 3 unspecified atom stereocenters. The molecule has 0 amide bonds. The molecule has 0 radical (unpaired) electrons. The summed E-state index contributed by atoms with van der Waals surface area (Å²) in [5.74, 6) is 1.72. The normalized spacial score (nSPS) is 32.3. The highest BCUT2D eigenvalue weighted by atomic mass is 19.4. The van der Waals surface area contributed by atoms with Crippen molar-refractivity contribution < 1.29 is 17.9 Å². The van der Waals surface area contributed by atoms with Gasteiger partial charge in [-0.05, 0) is 44.1 Å². The molecule has 2 bridgehead atoms. The molecule has 2 fully saturated rings. The molecule has 100 valence electrons. The lowest BCUT2D eigenvalue weighted by molar-refractivity contribution is -0.173. The first kappa shape index (κ1) is 13.1. The summed E-state index contributed by atoms with van der Waals surface area (Å²) < 4.78 is 39.9. The summed E-state index contributed by atoms with van der Waals surface area (Å²) in [6.45, 7) is -0.166. The second kappa shape index (κ2) is 5.57. The van der Waals surface area contributed by atoms with Crippen LogP contribution in [0.3, 0.4) is 0 Å². The molecule has 0 saturated heterocycles. The van der Waals surface area contributed by atoms with Crippen LogP contribution in [0.1, 0.15) is 32.1 Å². The van der Waals surface area contributed by atoms with Crippen molar-refractivity contribution in [3.8, 4) is 0 Å². The van der Waals surface area contributed by atoms with Gasteiger partial charge in [0.1, 0.15) is 6.61 Å². The maximum atomic E-state index is 11.8. The maximum absolute atomic E-state index is 11.8. The van der Waals surface area contributed by atoms with Gasteiger partial charge in [-0.1, -0.05) is 6.42 Å². The lowest BCUT2D eigenvalue weighted by Gasteiger charge is -2.22. The largest absolute Gasteiger partial charge is 0.411 e. The van der Waals surface area contributed by atoms with Gasteiger partial charge < -0.3 is 10.1 Å². The van der Waals surface area contributed by atoms with E-state index >= 15 is 0 Å². The van der Waals surface area contributed by atoms with Gasteiger partial charge in [0.05, 0.1) is 0 Å². The number of halogens is 3. The molecule has 2 nitrogen and oxygen atoms in total. The van der Waals surface area contributed by atoms with Crippen LogP contribution in [0, 0.1) is 11.8 Å². The van der Waals surface area contributed by atoms with Crippen LogP contribution in [-0.2, 0) is 4.74 Å². The predicted molar refractivity (Wildman–Crippen MR) is 58.7 cm³/mol. The zero-order valence-corrected chi connectivity index (χ0v) is 9.93. The number of ether oxygens (including phenoxy) is 1. The number of fused-ring (bicyclic) bond motifs is 2. The number of rotatable bonds is 6. The van der Waals surface area contributed by atoms with Gasteiger partial charge in [0.2, 0.25) is 0 Å². The Kier molecular flexibility index (Phi) is 4.31. The van der Waals surface area contributed by atoms with E-state index in [-0.39, 0.29) is 6.61 Å². The third-order valence-corrected chi connectivity index (χ3v) is 3.88. The Morgan fingerprint density at radius 1 is 1.18 bits per heavy atom. The number of alkyl halides is 3. The zero-order chi connectivity index (χ0) is 12.3. The quantitative estimate of drug-likeness (QED) is 0.733. The summed E-state index contributed by atoms with van der Waals surface area (Å²) >= 11 is 0.